The zero-order valence-corrected chi connectivity index (χ0v) is 6.16. The number of rotatable bonds is 1. The Kier molecular flexibility index (Phi) is 1.90. The Bertz CT molecular complexity index is 262. The minimum Gasteiger partial charge on any atom is -0.313 e. The first-order chi connectivity index (χ1) is 4.72. The molecule has 0 fully saturated rings. The van der Waals surface area contributed by atoms with Gasteiger partial charge >= 0.3 is 0 Å². The summed E-state index contributed by atoms with van der Waals surface area (Å²) in [5.41, 5.74) is -0.0579. The van der Waals surface area contributed by atoms with Gasteiger partial charge in [-0.1, -0.05) is 0 Å². The summed E-state index contributed by atoms with van der Waals surface area (Å²) in [7, 11) is 0. The first kappa shape index (κ1) is 7.06. The van der Waals surface area contributed by atoms with Crippen molar-refractivity contribution in [3.8, 4) is 0 Å². The highest BCUT2D eigenvalue weighted by Crippen LogP contribution is 1.96. The standard InChI is InChI=1S/C8H10NO/c1-7(2)9-6-4-3-5-8(9)10/h3-4,6-7H,1-2H3. The average Bonchev–Trinajstić information content (AvgIpc) is 1.88. The number of pyridine rings is 1. The van der Waals surface area contributed by atoms with Gasteiger partial charge in [-0.05, 0) is 26.0 Å². The van der Waals surface area contributed by atoms with E-state index in [9.17, 15) is 4.79 Å². The fourth-order valence-corrected chi connectivity index (χ4v) is 0.804. The van der Waals surface area contributed by atoms with Crippen LogP contribution in [-0.4, -0.2) is 4.57 Å². The van der Waals surface area contributed by atoms with Crippen LogP contribution < -0.4 is 5.56 Å². The maximum Gasteiger partial charge on any atom is 0.258 e. The summed E-state index contributed by atoms with van der Waals surface area (Å²) in [6.45, 7) is 3.94. The molecule has 1 radical (unpaired) electrons. The Balaban J connectivity index is 3.16. The first-order valence-corrected chi connectivity index (χ1v) is 3.30. The molecule has 0 amide bonds. The van der Waals surface area contributed by atoms with Gasteiger partial charge in [0.25, 0.3) is 5.56 Å². The van der Waals surface area contributed by atoms with E-state index in [4.69, 9.17) is 0 Å². The van der Waals surface area contributed by atoms with Crippen molar-refractivity contribution in [2.75, 3.05) is 0 Å². The lowest BCUT2D eigenvalue weighted by atomic mass is 10.3. The minimum atomic E-state index is -0.0579. The lowest BCUT2D eigenvalue weighted by Gasteiger charge is -2.06. The average molecular weight is 136 g/mol. The third-order valence-corrected chi connectivity index (χ3v) is 1.34. The molecule has 1 heterocycles. The lowest BCUT2D eigenvalue weighted by Crippen LogP contribution is -2.19. The Morgan fingerprint density at radius 3 is 2.70 bits per heavy atom. The SMILES string of the molecule is CC(C)n1ccc[c]c1=O. The molecule has 0 aliphatic heterocycles. The van der Waals surface area contributed by atoms with E-state index in [0.717, 1.165) is 0 Å². The van der Waals surface area contributed by atoms with Crippen LogP contribution >= 0.6 is 0 Å². The summed E-state index contributed by atoms with van der Waals surface area (Å²) in [6.07, 6.45) is 1.77. The van der Waals surface area contributed by atoms with E-state index >= 15 is 0 Å². The minimum absolute atomic E-state index is 0.0579. The highest BCUT2D eigenvalue weighted by atomic mass is 16.1. The number of nitrogens with zero attached hydrogens (tertiary/aromatic N) is 1. The Morgan fingerprint density at radius 1 is 1.60 bits per heavy atom. The van der Waals surface area contributed by atoms with Crippen molar-refractivity contribution in [3.05, 3.63) is 34.7 Å². The molecule has 1 aromatic rings. The van der Waals surface area contributed by atoms with E-state index in [0.29, 0.717) is 0 Å². The van der Waals surface area contributed by atoms with Gasteiger partial charge in [-0.15, -0.1) is 0 Å². The third kappa shape index (κ3) is 1.26. The van der Waals surface area contributed by atoms with Crippen molar-refractivity contribution in [2.45, 2.75) is 19.9 Å². The normalized spacial score (nSPS) is 10.3. The quantitative estimate of drug-likeness (QED) is 0.569. The maximum absolute atomic E-state index is 11.0. The Morgan fingerprint density at radius 2 is 2.30 bits per heavy atom. The van der Waals surface area contributed by atoms with E-state index in [1.54, 1.807) is 22.9 Å². The van der Waals surface area contributed by atoms with Crippen molar-refractivity contribution in [1.29, 1.82) is 0 Å². The van der Waals surface area contributed by atoms with Crippen LogP contribution in [0.3, 0.4) is 0 Å². The van der Waals surface area contributed by atoms with Crippen LogP contribution in [0.1, 0.15) is 19.9 Å². The number of hydrogen-bond acceptors (Lipinski definition) is 1. The second kappa shape index (κ2) is 2.69. The van der Waals surface area contributed by atoms with E-state index in [1.807, 2.05) is 13.8 Å². The van der Waals surface area contributed by atoms with Crippen LogP contribution in [-0.2, 0) is 0 Å². The second-order valence-electron chi connectivity index (χ2n) is 2.46. The fraction of sp³-hybridized carbons (Fsp3) is 0.375. The molecule has 0 saturated heterocycles. The second-order valence-corrected chi connectivity index (χ2v) is 2.46. The van der Waals surface area contributed by atoms with Crippen LogP contribution in [0.2, 0.25) is 0 Å². The molecule has 2 nitrogen and oxygen atoms in total. The fourth-order valence-electron chi connectivity index (χ4n) is 0.804. The molecule has 0 aliphatic carbocycles. The smallest absolute Gasteiger partial charge is 0.258 e. The molecule has 0 aliphatic rings. The van der Waals surface area contributed by atoms with E-state index < -0.39 is 0 Å². The lowest BCUT2D eigenvalue weighted by molar-refractivity contribution is 0.577. The van der Waals surface area contributed by atoms with Crippen molar-refractivity contribution in [1.82, 2.24) is 4.57 Å². The molecule has 0 spiro atoms. The van der Waals surface area contributed by atoms with Crippen LogP contribution in [0.15, 0.2) is 23.1 Å². The van der Waals surface area contributed by atoms with Gasteiger partial charge in [-0.3, -0.25) is 4.79 Å². The van der Waals surface area contributed by atoms with Crippen LogP contribution in [0.25, 0.3) is 0 Å². The molecule has 0 saturated carbocycles. The molecule has 1 rings (SSSR count). The highest BCUT2D eigenvalue weighted by Gasteiger charge is 1.96. The largest absolute Gasteiger partial charge is 0.313 e. The van der Waals surface area contributed by atoms with Crippen molar-refractivity contribution in [3.63, 3.8) is 0 Å². The van der Waals surface area contributed by atoms with Crippen LogP contribution in [0.4, 0.5) is 0 Å². The summed E-state index contributed by atoms with van der Waals surface area (Å²) < 4.78 is 1.64. The molecule has 0 N–H and O–H groups in total. The Labute approximate surface area is 60.1 Å². The molecule has 0 atom stereocenters. The van der Waals surface area contributed by atoms with Crippen molar-refractivity contribution >= 4 is 0 Å². The van der Waals surface area contributed by atoms with E-state index in [1.165, 1.54) is 0 Å². The van der Waals surface area contributed by atoms with Crippen molar-refractivity contribution < 1.29 is 0 Å². The van der Waals surface area contributed by atoms with Gasteiger partial charge in [0, 0.05) is 12.2 Å². The van der Waals surface area contributed by atoms with Gasteiger partial charge < -0.3 is 4.57 Å². The number of aromatic nitrogens is 1. The molecule has 0 aromatic carbocycles. The van der Waals surface area contributed by atoms with Crippen LogP contribution in [0.5, 0.6) is 0 Å². The molecular weight excluding hydrogens is 126 g/mol. The predicted molar refractivity (Wildman–Crippen MR) is 39.9 cm³/mol. The molecule has 1 aromatic heterocycles. The zero-order chi connectivity index (χ0) is 7.56. The summed E-state index contributed by atoms with van der Waals surface area (Å²) in [4.78, 5) is 11.0. The molecule has 53 valence electrons. The predicted octanol–water partition coefficient (Wildman–Crippen LogP) is 1.23. The maximum atomic E-state index is 11.0. The topological polar surface area (TPSA) is 22.0 Å². The summed E-state index contributed by atoms with van der Waals surface area (Å²) in [6, 6.07) is 6.25. The third-order valence-electron chi connectivity index (χ3n) is 1.34. The van der Waals surface area contributed by atoms with Gasteiger partial charge in [-0.25, -0.2) is 0 Å². The van der Waals surface area contributed by atoms with E-state index in [-0.39, 0.29) is 11.6 Å². The molecule has 0 unspecified atom stereocenters. The van der Waals surface area contributed by atoms with Gasteiger partial charge in [0.05, 0.1) is 6.07 Å². The molecule has 2 heteroatoms. The Hall–Kier alpha value is -1.05. The molecular formula is C8H10NO. The highest BCUT2D eigenvalue weighted by molar-refractivity contribution is 4.92. The van der Waals surface area contributed by atoms with E-state index in [2.05, 4.69) is 6.07 Å². The van der Waals surface area contributed by atoms with Gasteiger partial charge in [0.2, 0.25) is 0 Å². The summed E-state index contributed by atoms with van der Waals surface area (Å²) >= 11 is 0. The van der Waals surface area contributed by atoms with Gasteiger partial charge in [0.1, 0.15) is 0 Å². The first-order valence-electron chi connectivity index (χ1n) is 3.30. The molecule has 0 bridgehead atoms. The van der Waals surface area contributed by atoms with Gasteiger partial charge in [0.15, 0.2) is 0 Å². The zero-order valence-electron chi connectivity index (χ0n) is 6.16. The monoisotopic (exact) mass is 136 g/mol. The van der Waals surface area contributed by atoms with Gasteiger partial charge in [-0.2, -0.15) is 0 Å². The summed E-state index contributed by atoms with van der Waals surface area (Å²) in [5.74, 6) is 0. The number of hydrogen-bond donors (Lipinski definition) is 0. The van der Waals surface area contributed by atoms with Crippen LogP contribution in [0, 0.1) is 6.07 Å². The summed E-state index contributed by atoms with van der Waals surface area (Å²) in [5, 5.41) is 0. The van der Waals surface area contributed by atoms with Crippen molar-refractivity contribution in [2.24, 2.45) is 0 Å². The molecule has 10 heavy (non-hydrogen) atoms.